The molecule has 0 atom stereocenters. The van der Waals surface area contributed by atoms with E-state index in [2.05, 4.69) is 15.9 Å². The first-order chi connectivity index (χ1) is 5.18. The first-order valence-electron chi connectivity index (χ1n) is 3.30. The zero-order chi connectivity index (χ0) is 8.85. The van der Waals surface area contributed by atoms with Crippen LogP contribution < -0.4 is 0 Å². The molecule has 0 aromatic heterocycles. The van der Waals surface area contributed by atoms with Crippen LogP contribution in [0.3, 0.4) is 0 Å². The molecule has 0 saturated carbocycles. The molecule has 0 unspecified atom stereocenters. The first-order valence-corrected chi connectivity index (χ1v) is 4.85. The second-order valence-electron chi connectivity index (χ2n) is 1.59. The molecule has 0 spiro atoms. The Balaban J connectivity index is 0.000000461. The molecule has 1 aromatic rings. The van der Waals surface area contributed by atoms with Crippen molar-refractivity contribution in [2.75, 3.05) is 0 Å². The fraction of sp³-hybridized carbons (Fsp3) is 0.250. The highest BCUT2D eigenvalue weighted by Crippen LogP contribution is 2.22. The third-order valence-corrected chi connectivity index (χ3v) is 1.72. The average molecular weight is 256 g/mol. The number of halogens is 3. The van der Waals surface area contributed by atoms with E-state index >= 15 is 0 Å². The van der Waals surface area contributed by atoms with Crippen molar-refractivity contribution in [3.05, 3.63) is 32.7 Å². The van der Waals surface area contributed by atoms with Crippen molar-refractivity contribution in [2.24, 2.45) is 0 Å². The number of hydrogen-bond donors (Lipinski definition) is 0. The Kier molecular flexibility index (Phi) is 6.02. The molecule has 1 rings (SSSR count). The topological polar surface area (TPSA) is 0 Å². The van der Waals surface area contributed by atoms with Crippen molar-refractivity contribution in [3.8, 4) is 0 Å². The van der Waals surface area contributed by atoms with Crippen LogP contribution in [0.5, 0.6) is 0 Å². The summed E-state index contributed by atoms with van der Waals surface area (Å²) in [5.74, 6) is 0. The summed E-state index contributed by atoms with van der Waals surface area (Å²) in [6.07, 6.45) is 0. The number of rotatable bonds is 0. The van der Waals surface area contributed by atoms with Gasteiger partial charge in [0.05, 0.1) is 0 Å². The Hall–Kier alpha value is 0.280. The van der Waals surface area contributed by atoms with E-state index < -0.39 is 0 Å². The Morgan fingerprint density at radius 2 is 1.36 bits per heavy atom. The highest BCUT2D eigenvalue weighted by atomic mass is 79.9. The van der Waals surface area contributed by atoms with Crippen LogP contribution in [0.25, 0.3) is 0 Å². The molecule has 62 valence electrons. The van der Waals surface area contributed by atoms with Gasteiger partial charge in [0.2, 0.25) is 0 Å². The third kappa shape index (κ3) is 4.67. The maximum Gasteiger partial charge on any atom is 0.0432 e. The summed E-state index contributed by atoms with van der Waals surface area (Å²) in [6.45, 7) is 4.00. The van der Waals surface area contributed by atoms with Crippen molar-refractivity contribution < 1.29 is 0 Å². The molecule has 0 aliphatic carbocycles. The Morgan fingerprint density at radius 1 is 1.00 bits per heavy atom. The molecule has 0 aliphatic heterocycles. The van der Waals surface area contributed by atoms with Crippen LogP contribution >= 0.6 is 39.1 Å². The lowest BCUT2D eigenvalue weighted by molar-refractivity contribution is 1.50. The minimum Gasteiger partial charge on any atom is -0.0842 e. The van der Waals surface area contributed by atoms with Crippen molar-refractivity contribution in [1.82, 2.24) is 0 Å². The van der Waals surface area contributed by atoms with Gasteiger partial charge in [-0.3, -0.25) is 0 Å². The summed E-state index contributed by atoms with van der Waals surface area (Å²) in [6, 6.07) is 5.26. The predicted molar refractivity (Wildman–Crippen MR) is 55.5 cm³/mol. The van der Waals surface area contributed by atoms with Crippen LogP contribution in [0.4, 0.5) is 0 Å². The molecule has 0 heterocycles. The van der Waals surface area contributed by atoms with E-state index in [1.54, 1.807) is 18.2 Å². The van der Waals surface area contributed by atoms with E-state index in [0.29, 0.717) is 10.0 Å². The van der Waals surface area contributed by atoms with Gasteiger partial charge in [-0.1, -0.05) is 53.0 Å². The van der Waals surface area contributed by atoms with Crippen molar-refractivity contribution in [2.45, 2.75) is 13.8 Å². The Morgan fingerprint density at radius 3 is 1.64 bits per heavy atom. The zero-order valence-electron chi connectivity index (χ0n) is 6.37. The lowest BCUT2D eigenvalue weighted by Gasteiger charge is -1.92. The van der Waals surface area contributed by atoms with Crippen LogP contribution in [-0.4, -0.2) is 0 Å². The molecule has 0 N–H and O–H groups in total. The van der Waals surface area contributed by atoms with Gasteiger partial charge in [-0.05, 0) is 18.2 Å². The molecule has 0 aliphatic rings. The maximum absolute atomic E-state index is 5.64. The maximum atomic E-state index is 5.64. The average Bonchev–Trinajstić information content (AvgIpc) is 1.88. The molecular weight excluding hydrogens is 247 g/mol. The normalized spacial score (nSPS) is 8.45. The molecule has 1 aromatic carbocycles. The number of benzene rings is 1. The minimum atomic E-state index is 0.648. The van der Waals surface area contributed by atoms with Gasteiger partial charge in [0, 0.05) is 14.5 Å². The summed E-state index contributed by atoms with van der Waals surface area (Å²) < 4.78 is 0.903. The molecule has 0 bridgehead atoms. The second kappa shape index (κ2) is 5.87. The van der Waals surface area contributed by atoms with Gasteiger partial charge in [0.25, 0.3) is 0 Å². The first kappa shape index (κ1) is 11.3. The fourth-order valence-electron chi connectivity index (χ4n) is 0.520. The molecule has 0 nitrogen and oxygen atoms in total. The van der Waals surface area contributed by atoms with Gasteiger partial charge >= 0.3 is 0 Å². The van der Waals surface area contributed by atoms with Gasteiger partial charge in [-0.25, -0.2) is 0 Å². The van der Waals surface area contributed by atoms with Gasteiger partial charge in [-0.2, -0.15) is 0 Å². The highest BCUT2D eigenvalue weighted by molar-refractivity contribution is 9.10. The van der Waals surface area contributed by atoms with Crippen LogP contribution in [0.1, 0.15) is 13.8 Å². The molecular formula is C8H9BrCl2. The fourth-order valence-corrected chi connectivity index (χ4v) is 1.80. The summed E-state index contributed by atoms with van der Waals surface area (Å²) >= 11 is 14.5. The van der Waals surface area contributed by atoms with Gasteiger partial charge < -0.3 is 0 Å². The standard InChI is InChI=1S/C6H3BrCl2.C2H6/c7-4-1-5(8)3-6(9)2-4;1-2/h1-3H;1-2H3. The van der Waals surface area contributed by atoms with Crippen LogP contribution in [-0.2, 0) is 0 Å². The smallest absolute Gasteiger partial charge is 0.0432 e. The predicted octanol–water partition coefficient (Wildman–Crippen LogP) is 4.78. The van der Waals surface area contributed by atoms with Crippen LogP contribution in [0, 0.1) is 0 Å². The lowest BCUT2D eigenvalue weighted by Crippen LogP contribution is -1.66. The van der Waals surface area contributed by atoms with Crippen LogP contribution in [0.15, 0.2) is 22.7 Å². The molecule has 0 radical (unpaired) electrons. The van der Waals surface area contributed by atoms with Crippen LogP contribution in [0.2, 0.25) is 10.0 Å². The van der Waals surface area contributed by atoms with Gasteiger partial charge in [0.1, 0.15) is 0 Å². The third-order valence-electron chi connectivity index (χ3n) is 0.827. The zero-order valence-corrected chi connectivity index (χ0v) is 9.46. The summed E-state index contributed by atoms with van der Waals surface area (Å²) in [5.41, 5.74) is 0. The summed E-state index contributed by atoms with van der Waals surface area (Å²) in [5, 5.41) is 1.30. The van der Waals surface area contributed by atoms with E-state index in [1.807, 2.05) is 13.8 Å². The van der Waals surface area contributed by atoms with E-state index in [1.165, 1.54) is 0 Å². The quantitative estimate of drug-likeness (QED) is 0.626. The van der Waals surface area contributed by atoms with Gasteiger partial charge in [0.15, 0.2) is 0 Å². The van der Waals surface area contributed by atoms with Gasteiger partial charge in [-0.15, -0.1) is 0 Å². The molecule has 11 heavy (non-hydrogen) atoms. The summed E-state index contributed by atoms with van der Waals surface area (Å²) in [7, 11) is 0. The molecule has 0 fully saturated rings. The monoisotopic (exact) mass is 254 g/mol. The molecule has 0 saturated heterocycles. The Labute approximate surface area is 85.6 Å². The highest BCUT2D eigenvalue weighted by Gasteiger charge is 1.92. The largest absolute Gasteiger partial charge is 0.0842 e. The minimum absolute atomic E-state index is 0.648. The molecule has 0 amide bonds. The summed E-state index contributed by atoms with van der Waals surface area (Å²) in [4.78, 5) is 0. The lowest BCUT2D eigenvalue weighted by atomic mass is 10.4. The Bertz CT molecular complexity index is 173. The van der Waals surface area contributed by atoms with E-state index in [4.69, 9.17) is 23.2 Å². The van der Waals surface area contributed by atoms with E-state index in [0.717, 1.165) is 4.47 Å². The van der Waals surface area contributed by atoms with Crippen molar-refractivity contribution >= 4 is 39.1 Å². The SMILES string of the molecule is CC.Clc1cc(Cl)cc(Br)c1. The van der Waals surface area contributed by atoms with Crippen molar-refractivity contribution in [1.29, 1.82) is 0 Å². The van der Waals surface area contributed by atoms with Crippen molar-refractivity contribution in [3.63, 3.8) is 0 Å². The number of hydrogen-bond acceptors (Lipinski definition) is 0. The van der Waals surface area contributed by atoms with E-state index in [9.17, 15) is 0 Å². The van der Waals surface area contributed by atoms with E-state index in [-0.39, 0.29) is 0 Å². The molecule has 3 heteroatoms. The second-order valence-corrected chi connectivity index (χ2v) is 3.38.